The summed E-state index contributed by atoms with van der Waals surface area (Å²) in [4.78, 5) is 20.7. The van der Waals surface area contributed by atoms with Gasteiger partial charge in [0.2, 0.25) is 0 Å². The summed E-state index contributed by atoms with van der Waals surface area (Å²) in [5.41, 5.74) is 1.77. The lowest BCUT2D eigenvalue weighted by Gasteiger charge is -2.19. The normalized spacial score (nSPS) is 19.3. The summed E-state index contributed by atoms with van der Waals surface area (Å²) in [5.74, 6) is 0. The summed E-state index contributed by atoms with van der Waals surface area (Å²) in [6.07, 6.45) is 2.48. The maximum atomic E-state index is 10.6. The van der Waals surface area contributed by atoms with E-state index in [1.54, 1.807) is 6.07 Å². The lowest BCUT2D eigenvalue weighted by atomic mass is 9.88. The van der Waals surface area contributed by atoms with Crippen molar-refractivity contribution in [2.75, 3.05) is 0 Å². The van der Waals surface area contributed by atoms with Crippen LogP contribution in [0.4, 0.5) is 5.69 Å². The third kappa shape index (κ3) is 1.72. The average Bonchev–Trinajstić information content (AvgIpc) is 2.27. The Morgan fingerprint density at radius 1 is 1.47 bits per heavy atom. The Morgan fingerprint density at radius 3 is 2.93 bits per heavy atom. The van der Waals surface area contributed by atoms with Crippen LogP contribution in [-0.2, 0) is 6.42 Å². The van der Waals surface area contributed by atoms with Crippen LogP contribution in [0.2, 0.25) is 0 Å². The van der Waals surface area contributed by atoms with Crippen LogP contribution in [0, 0.1) is 15.0 Å². The van der Waals surface area contributed by atoms with Gasteiger partial charge in [0.25, 0.3) is 5.69 Å². The molecule has 1 aromatic carbocycles. The van der Waals surface area contributed by atoms with Gasteiger partial charge in [-0.25, -0.2) is 0 Å². The average molecular weight is 206 g/mol. The van der Waals surface area contributed by atoms with Crippen LogP contribution in [0.25, 0.3) is 0 Å². The number of hydrogen-bond donors (Lipinski definition) is 0. The number of nitroso groups, excluding NO2 is 1. The quantitative estimate of drug-likeness (QED) is 0.424. The van der Waals surface area contributed by atoms with Crippen LogP contribution >= 0.6 is 0 Å². The minimum Gasteiger partial charge on any atom is -0.258 e. The second kappa shape index (κ2) is 3.76. The number of fused-ring (bicyclic) bond motifs is 1. The van der Waals surface area contributed by atoms with Crippen molar-refractivity contribution in [3.63, 3.8) is 0 Å². The van der Waals surface area contributed by atoms with Crippen LogP contribution in [0.1, 0.15) is 30.0 Å². The molecule has 0 aromatic heterocycles. The molecule has 15 heavy (non-hydrogen) atoms. The van der Waals surface area contributed by atoms with Crippen LogP contribution in [-0.4, -0.2) is 4.92 Å². The van der Waals surface area contributed by atoms with E-state index in [1.165, 1.54) is 12.1 Å². The van der Waals surface area contributed by atoms with Gasteiger partial charge >= 0.3 is 0 Å². The predicted molar refractivity (Wildman–Crippen MR) is 54.6 cm³/mol. The van der Waals surface area contributed by atoms with Crippen molar-refractivity contribution in [3.8, 4) is 0 Å². The van der Waals surface area contributed by atoms with E-state index < -0.39 is 11.0 Å². The van der Waals surface area contributed by atoms with Crippen molar-refractivity contribution in [2.24, 2.45) is 5.18 Å². The van der Waals surface area contributed by atoms with Gasteiger partial charge in [0.05, 0.1) is 4.92 Å². The van der Waals surface area contributed by atoms with Gasteiger partial charge in [-0.1, -0.05) is 11.2 Å². The first kappa shape index (κ1) is 9.76. The molecule has 1 atom stereocenters. The van der Waals surface area contributed by atoms with E-state index in [1.807, 2.05) is 0 Å². The number of benzene rings is 1. The van der Waals surface area contributed by atoms with Gasteiger partial charge in [0, 0.05) is 12.1 Å². The number of hydrogen-bond acceptors (Lipinski definition) is 4. The predicted octanol–water partition coefficient (Wildman–Crippen LogP) is 2.74. The molecule has 0 aliphatic heterocycles. The molecule has 0 amide bonds. The zero-order chi connectivity index (χ0) is 10.8. The molecular formula is C10H10N2O3. The molecule has 5 heteroatoms. The molecule has 1 aliphatic carbocycles. The summed E-state index contributed by atoms with van der Waals surface area (Å²) >= 11 is 0. The maximum Gasteiger partial charge on any atom is 0.269 e. The minimum atomic E-state index is -0.448. The van der Waals surface area contributed by atoms with E-state index in [0.717, 1.165) is 24.0 Å². The Labute approximate surface area is 86.2 Å². The molecule has 1 aliphatic rings. The first-order valence-corrected chi connectivity index (χ1v) is 4.82. The van der Waals surface area contributed by atoms with Crippen molar-refractivity contribution in [3.05, 3.63) is 44.3 Å². The number of nitro benzene ring substituents is 1. The van der Waals surface area contributed by atoms with Gasteiger partial charge in [0.1, 0.15) is 6.04 Å². The Morgan fingerprint density at radius 2 is 2.27 bits per heavy atom. The van der Waals surface area contributed by atoms with Gasteiger partial charge in [-0.2, -0.15) is 4.91 Å². The molecule has 5 nitrogen and oxygen atoms in total. The van der Waals surface area contributed by atoms with Crippen LogP contribution < -0.4 is 0 Å². The lowest BCUT2D eigenvalue weighted by molar-refractivity contribution is -0.385. The smallest absolute Gasteiger partial charge is 0.258 e. The molecule has 0 heterocycles. The molecule has 1 unspecified atom stereocenters. The van der Waals surface area contributed by atoms with Crippen molar-refractivity contribution in [1.29, 1.82) is 0 Å². The lowest BCUT2D eigenvalue weighted by Crippen LogP contribution is -2.08. The molecule has 78 valence electrons. The monoisotopic (exact) mass is 206 g/mol. The molecule has 0 radical (unpaired) electrons. The second-order valence-electron chi connectivity index (χ2n) is 3.65. The van der Waals surface area contributed by atoms with E-state index in [-0.39, 0.29) is 5.69 Å². The van der Waals surface area contributed by atoms with E-state index in [9.17, 15) is 15.0 Å². The molecule has 2 rings (SSSR count). The fraction of sp³-hybridized carbons (Fsp3) is 0.400. The molecular weight excluding hydrogens is 196 g/mol. The fourth-order valence-electron chi connectivity index (χ4n) is 1.98. The number of non-ortho nitro benzene ring substituents is 1. The largest absolute Gasteiger partial charge is 0.269 e. The van der Waals surface area contributed by atoms with Gasteiger partial charge in [0.15, 0.2) is 0 Å². The number of rotatable bonds is 2. The molecule has 0 N–H and O–H groups in total. The van der Waals surface area contributed by atoms with E-state index in [4.69, 9.17) is 0 Å². The molecule has 1 aromatic rings. The highest BCUT2D eigenvalue weighted by Gasteiger charge is 2.23. The van der Waals surface area contributed by atoms with Crippen molar-refractivity contribution in [2.45, 2.75) is 25.3 Å². The van der Waals surface area contributed by atoms with E-state index in [0.29, 0.717) is 6.42 Å². The Hall–Kier alpha value is -1.78. The number of nitrogens with zero attached hydrogens (tertiary/aromatic N) is 2. The first-order valence-electron chi connectivity index (χ1n) is 4.82. The summed E-state index contributed by atoms with van der Waals surface area (Å²) in [6.45, 7) is 0. The zero-order valence-electron chi connectivity index (χ0n) is 8.05. The van der Waals surface area contributed by atoms with Crippen molar-refractivity contribution >= 4 is 5.69 Å². The van der Waals surface area contributed by atoms with E-state index in [2.05, 4.69) is 5.18 Å². The SMILES string of the molecule is O=NC1CCCc2ccc([N+](=O)[O-])cc21. The van der Waals surface area contributed by atoms with Gasteiger partial charge in [-0.15, -0.1) is 0 Å². The summed E-state index contributed by atoms with van der Waals surface area (Å²) in [6, 6.07) is 4.27. The third-order valence-corrected chi connectivity index (χ3v) is 2.75. The Balaban J connectivity index is 2.47. The molecule has 0 saturated heterocycles. The van der Waals surface area contributed by atoms with Crippen LogP contribution in [0.5, 0.6) is 0 Å². The summed E-state index contributed by atoms with van der Waals surface area (Å²) in [7, 11) is 0. The topological polar surface area (TPSA) is 72.6 Å². The van der Waals surface area contributed by atoms with Gasteiger partial charge in [-0.3, -0.25) is 10.1 Å². The summed E-state index contributed by atoms with van der Waals surface area (Å²) in [5, 5.41) is 13.6. The minimum absolute atomic E-state index is 0.0318. The molecule has 0 bridgehead atoms. The Kier molecular flexibility index (Phi) is 2.45. The van der Waals surface area contributed by atoms with E-state index >= 15 is 0 Å². The zero-order valence-corrected chi connectivity index (χ0v) is 8.05. The highest BCUT2D eigenvalue weighted by Crippen LogP contribution is 2.34. The number of nitro groups is 1. The summed E-state index contributed by atoms with van der Waals surface area (Å²) < 4.78 is 0. The highest BCUT2D eigenvalue weighted by molar-refractivity contribution is 5.42. The molecule has 0 spiro atoms. The standard InChI is InChI=1S/C10H10N2O3/c13-11-10-3-1-2-7-4-5-8(12(14)15)6-9(7)10/h4-6,10H,1-3H2. The van der Waals surface area contributed by atoms with Gasteiger partial charge < -0.3 is 0 Å². The first-order chi connectivity index (χ1) is 7.22. The van der Waals surface area contributed by atoms with Crippen LogP contribution in [0.15, 0.2) is 23.4 Å². The fourth-order valence-corrected chi connectivity index (χ4v) is 1.98. The van der Waals surface area contributed by atoms with Crippen LogP contribution in [0.3, 0.4) is 0 Å². The van der Waals surface area contributed by atoms with Crippen molar-refractivity contribution in [1.82, 2.24) is 0 Å². The van der Waals surface area contributed by atoms with Gasteiger partial charge in [-0.05, 0) is 30.4 Å². The second-order valence-corrected chi connectivity index (χ2v) is 3.65. The molecule has 0 saturated carbocycles. The molecule has 0 fully saturated rings. The highest BCUT2D eigenvalue weighted by atomic mass is 16.6. The third-order valence-electron chi connectivity index (χ3n) is 2.75. The Bertz CT molecular complexity index is 417. The van der Waals surface area contributed by atoms with Crippen molar-refractivity contribution < 1.29 is 4.92 Å². The number of aryl methyl sites for hydroxylation is 1. The maximum absolute atomic E-state index is 10.6.